The van der Waals surface area contributed by atoms with Crippen LogP contribution in [0.5, 0.6) is 0 Å². The molecular weight excluding hydrogens is 260 g/mol. The van der Waals surface area contributed by atoms with Crippen molar-refractivity contribution in [3.63, 3.8) is 0 Å². The fourth-order valence-electron chi connectivity index (χ4n) is 3.05. The van der Waals surface area contributed by atoms with Crippen molar-refractivity contribution in [1.29, 1.82) is 0 Å². The van der Waals surface area contributed by atoms with Gasteiger partial charge in [-0.25, -0.2) is 0 Å². The summed E-state index contributed by atoms with van der Waals surface area (Å²) in [4.78, 5) is 4.22. The van der Waals surface area contributed by atoms with E-state index in [4.69, 9.17) is 5.73 Å². The summed E-state index contributed by atoms with van der Waals surface area (Å²) in [6, 6.07) is 5.21. The maximum Gasteiger partial charge on any atom is 0.0439 e. The van der Waals surface area contributed by atoms with Crippen LogP contribution in [0, 0.1) is 0 Å². The van der Waals surface area contributed by atoms with Gasteiger partial charge in [-0.05, 0) is 30.7 Å². The van der Waals surface area contributed by atoms with Crippen LogP contribution in [0.3, 0.4) is 0 Å². The van der Waals surface area contributed by atoms with Gasteiger partial charge in [0.2, 0.25) is 0 Å². The summed E-state index contributed by atoms with van der Waals surface area (Å²) in [6.45, 7) is 4.26. The molecule has 0 aromatic carbocycles. The van der Waals surface area contributed by atoms with Crippen molar-refractivity contribution in [2.45, 2.75) is 49.6 Å². The van der Waals surface area contributed by atoms with E-state index in [0.717, 1.165) is 24.4 Å². The third kappa shape index (κ3) is 2.48. The van der Waals surface area contributed by atoms with Crippen LogP contribution in [0.15, 0.2) is 17.5 Å². The van der Waals surface area contributed by atoms with Gasteiger partial charge >= 0.3 is 0 Å². The lowest BCUT2D eigenvalue weighted by molar-refractivity contribution is 0.0955. The fraction of sp³-hybridized carbons (Fsp3) is 0.714. The number of hydrogen-bond acceptors (Lipinski definition) is 4. The van der Waals surface area contributed by atoms with E-state index in [1.165, 1.54) is 29.9 Å². The van der Waals surface area contributed by atoms with Crippen molar-refractivity contribution < 1.29 is 0 Å². The maximum absolute atomic E-state index is 6.17. The van der Waals surface area contributed by atoms with Crippen molar-refractivity contribution in [2.75, 3.05) is 12.3 Å². The SMILES string of the molecule is CC1CC(CN)(N(Cc2cccs2)C2CC2)CS1. The average Bonchev–Trinajstić information content (AvgIpc) is 2.93. The zero-order chi connectivity index (χ0) is 12.6. The highest BCUT2D eigenvalue weighted by molar-refractivity contribution is 8.00. The first-order chi connectivity index (χ1) is 8.73. The number of hydrogen-bond donors (Lipinski definition) is 1. The third-order valence-electron chi connectivity index (χ3n) is 4.19. The van der Waals surface area contributed by atoms with Gasteiger partial charge in [-0.3, -0.25) is 4.90 Å². The van der Waals surface area contributed by atoms with Crippen LogP contribution in [-0.2, 0) is 6.54 Å². The minimum atomic E-state index is 0.259. The molecule has 3 rings (SSSR count). The molecule has 18 heavy (non-hydrogen) atoms. The van der Waals surface area contributed by atoms with Crippen LogP contribution < -0.4 is 5.73 Å². The van der Waals surface area contributed by atoms with Gasteiger partial charge < -0.3 is 5.73 Å². The number of rotatable bonds is 5. The summed E-state index contributed by atoms with van der Waals surface area (Å²) in [5.41, 5.74) is 6.43. The van der Waals surface area contributed by atoms with E-state index in [2.05, 4.69) is 41.1 Å². The first-order valence-corrected chi connectivity index (χ1v) is 8.77. The van der Waals surface area contributed by atoms with E-state index < -0.39 is 0 Å². The number of nitrogens with zero attached hydrogens (tertiary/aromatic N) is 1. The van der Waals surface area contributed by atoms with Gasteiger partial charge in [0, 0.05) is 40.6 Å². The monoisotopic (exact) mass is 282 g/mol. The Bertz CT molecular complexity index is 389. The highest BCUT2D eigenvalue weighted by Gasteiger charge is 2.47. The van der Waals surface area contributed by atoms with Gasteiger partial charge in [0.1, 0.15) is 0 Å². The predicted octanol–water partition coefficient (Wildman–Crippen LogP) is 2.94. The topological polar surface area (TPSA) is 29.3 Å². The molecular formula is C14H22N2S2. The molecule has 2 nitrogen and oxygen atoms in total. The standard InChI is InChI=1S/C14H22N2S2/c1-11-7-14(9-15,10-18-11)16(12-4-5-12)8-13-3-2-6-17-13/h2-3,6,11-12H,4-5,7-10,15H2,1H3. The molecule has 1 aliphatic carbocycles. The van der Waals surface area contributed by atoms with Crippen molar-refractivity contribution in [3.8, 4) is 0 Å². The van der Waals surface area contributed by atoms with Crippen molar-refractivity contribution >= 4 is 23.1 Å². The predicted molar refractivity (Wildman–Crippen MR) is 81.2 cm³/mol. The lowest BCUT2D eigenvalue weighted by atomic mass is 9.93. The Morgan fingerprint density at radius 2 is 2.33 bits per heavy atom. The number of nitrogens with two attached hydrogens (primary N) is 1. The molecule has 1 saturated carbocycles. The molecule has 2 N–H and O–H groups in total. The first kappa shape index (κ1) is 13.0. The molecule has 2 unspecified atom stereocenters. The Morgan fingerprint density at radius 1 is 1.50 bits per heavy atom. The lowest BCUT2D eigenvalue weighted by Gasteiger charge is -2.40. The summed E-state index contributed by atoms with van der Waals surface area (Å²) in [5, 5.41) is 2.94. The molecule has 0 radical (unpaired) electrons. The molecule has 2 aliphatic rings. The largest absolute Gasteiger partial charge is 0.329 e. The van der Waals surface area contributed by atoms with Crippen LogP contribution in [-0.4, -0.2) is 34.0 Å². The third-order valence-corrected chi connectivity index (χ3v) is 6.49. The summed E-state index contributed by atoms with van der Waals surface area (Å²) in [6.07, 6.45) is 3.99. The summed E-state index contributed by atoms with van der Waals surface area (Å²) < 4.78 is 0. The van der Waals surface area contributed by atoms with Crippen molar-refractivity contribution in [3.05, 3.63) is 22.4 Å². The highest BCUT2D eigenvalue weighted by atomic mass is 32.2. The molecule has 0 amide bonds. The molecule has 0 spiro atoms. The molecule has 1 aliphatic heterocycles. The normalized spacial score (nSPS) is 32.3. The molecule has 1 saturated heterocycles. The smallest absolute Gasteiger partial charge is 0.0439 e. The zero-order valence-corrected chi connectivity index (χ0v) is 12.6. The number of thioether (sulfide) groups is 1. The molecule has 0 bridgehead atoms. The van der Waals surface area contributed by atoms with Crippen LogP contribution >= 0.6 is 23.1 Å². The Balaban J connectivity index is 1.79. The minimum absolute atomic E-state index is 0.259. The van der Waals surface area contributed by atoms with Gasteiger partial charge in [0.25, 0.3) is 0 Å². The molecule has 4 heteroatoms. The minimum Gasteiger partial charge on any atom is -0.329 e. The molecule has 100 valence electrons. The zero-order valence-electron chi connectivity index (χ0n) is 11.0. The maximum atomic E-state index is 6.17. The first-order valence-electron chi connectivity index (χ1n) is 6.84. The second-order valence-corrected chi connectivity index (χ2v) is 8.15. The van der Waals surface area contributed by atoms with Crippen LogP contribution in [0.25, 0.3) is 0 Å². The van der Waals surface area contributed by atoms with Gasteiger partial charge in [-0.1, -0.05) is 13.0 Å². The van der Waals surface area contributed by atoms with Gasteiger partial charge in [0.15, 0.2) is 0 Å². The molecule has 1 aromatic heterocycles. The molecule has 2 fully saturated rings. The van der Waals surface area contributed by atoms with E-state index in [0.29, 0.717) is 0 Å². The van der Waals surface area contributed by atoms with Gasteiger partial charge in [-0.2, -0.15) is 11.8 Å². The second-order valence-electron chi connectivity index (χ2n) is 5.69. The number of thiophene rings is 1. The van der Waals surface area contributed by atoms with E-state index in [1.54, 1.807) is 0 Å². The Kier molecular flexibility index (Phi) is 3.72. The fourth-order valence-corrected chi connectivity index (χ4v) is 5.18. The van der Waals surface area contributed by atoms with E-state index in [9.17, 15) is 0 Å². The van der Waals surface area contributed by atoms with Crippen molar-refractivity contribution in [2.24, 2.45) is 5.73 Å². The average molecular weight is 282 g/mol. The molecule has 1 aromatic rings. The van der Waals surface area contributed by atoms with E-state index >= 15 is 0 Å². The van der Waals surface area contributed by atoms with E-state index in [1.807, 2.05) is 11.3 Å². The Hall–Kier alpha value is -0.0300. The quantitative estimate of drug-likeness (QED) is 0.900. The Labute approximate surface area is 118 Å². The molecule has 2 heterocycles. The van der Waals surface area contributed by atoms with E-state index in [-0.39, 0.29) is 5.54 Å². The van der Waals surface area contributed by atoms with Crippen LogP contribution in [0.4, 0.5) is 0 Å². The summed E-state index contributed by atoms with van der Waals surface area (Å²) >= 11 is 3.97. The van der Waals surface area contributed by atoms with Gasteiger partial charge in [-0.15, -0.1) is 11.3 Å². The Morgan fingerprint density at radius 3 is 2.83 bits per heavy atom. The summed E-state index contributed by atoms with van der Waals surface area (Å²) in [5.74, 6) is 1.21. The lowest BCUT2D eigenvalue weighted by Crippen LogP contribution is -2.55. The highest BCUT2D eigenvalue weighted by Crippen LogP contribution is 2.44. The van der Waals surface area contributed by atoms with Gasteiger partial charge in [0.05, 0.1) is 0 Å². The molecule has 2 atom stereocenters. The summed E-state index contributed by atoms with van der Waals surface area (Å²) in [7, 11) is 0. The van der Waals surface area contributed by atoms with Crippen molar-refractivity contribution in [1.82, 2.24) is 4.90 Å². The van der Waals surface area contributed by atoms with Crippen LogP contribution in [0.2, 0.25) is 0 Å². The van der Waals surface area contributed by atoms with Crippen LogP contribution in [0.1, 0.15) is 31.1 Å². The second kappa shape index (κ2) is 5.16.